The molecule has 3 heterocycles. The number of rotatable bonds is 1. The van der Waals surface area contributed by atoms with E-state index in [0.29, 0.717) is 0 Å². The number of hydrogen-bond donors (Lipinski definition) is 1. The SMILES string of the molecule is c1ccc2c(c1)NCCC2c1nnc2ccncn12. The number of para-hydroxylation sites is 1. The van der Waals surface area contributed by atoms with Crippen molar-refractivity contribution in [2.75, 3.05) is 11.9 Å². The van der Waals surface area contributed by atoms with E-state index in [1.54, 1.807) is 12.5 Å². The molecule has 0 fully saturated rings. The fourth-order valence-corrected chi connectivity index (χ4v) is 2.74. The van der Waals surface area contributed by atoms with Crippen LogP contribution in [0.1, 0.15) is 23.7 Å². The highest BCUT2D eigenvalue weighted by atomic mass is 15.3. The van der Waals surface area contributed by atoms with Gasteiger partial charge in [-0.25, -0.2) is 4.98 Å². The maximum Gasteiger partial charge on any atom is 0.163 e. The lowest BCUT2D eigenvalue weighted by Gasteiger charge is -2.25. The molecule has 0 saturated carbocycles. The van der Waals surface area contributed by atoms with Crippen LogP contribution in [0.4, 0.5) is 5.69 Å². The van der Waals surface area contributed by atoms with E-state index in [2.05, 4.69) is 44.8 Å². The van der Waals surface area contributed by atoms with Gasteiger partial charge in [0.1, 0.15) is 12.2 Å². The Morgan fingerprint density at radius 2 is 2.11 bits per heavy atom. The van der Waals surface area contributed by atoms with E-state index in [9.17, 15) is 0 Å². The van der Waals surface area contributed by atoms with Gasteiger partial charge in [0.25, 0.3) is 0 Å². The molecule has 0 amide bonds. The molecule has 1 aromatic carbocycles. The second kappa shape index (κ2) is 4.05. The molecule has 1 unspecified atom stereocenters. The molecule has 0 saturated heterocycles. The second-order valence-corrected chi connectivity index (χ2v) is 4.72. The van der Waals surface area contributed by atoms with E-state index in [0.717, 1.165) is 24.4 Å². The summed E-state index contributed by atoms with van der Waals surface area (Å²) in [6, 6.07) is 10.3. The number of aromatic nitrogens is 4. The molecule has 5 nitrogen and oxygen atoms in total. The molecule has 1 N–H and O–H groups in total. The normalized spacial score (nSPS) is 18.0. The van der Waals surface area contributed by atoms with Crippen LogP contribution in [-0.4, -0.2) is 26.1 Å². The molecule has 5 heteroatoms. The van der Waals surface area contributed by atoms with Gasteiger partial charge in [-0.2, -0.15) is 0 Å². The van der Waals surface area contributed by atoms with Gasteiger partial charge in [0.05, 0.1) is 0 Å². The van der Waals surface area contributed by atoms with Crippen molar-refractivity contribution in [3.05, 3.63) is 54.2 Å². The summed E-state index contributed by atoms with van der Waals surface area (Å²) in [6.07, 6.45) is 4.55. The van der Waals surface area contributed by atoms with Crippen molar-refractivity contribution >= 4 is 11.3 Å². The van der Waals surface area contributed by atoms with Crippen LogP contribution in [0.2, 0.25) is 0 Å². The van der Waals surface area contributed by atoms with Crippen molar-refractivity contribution in [1.82, 2.24) is 19.6 Å². The zero-order valence-corrected chi connectivity index (χ0v) is 10.3. The van der Waals surface area contributed by atoms with E-state index in [4.69, 9.17) is 0 Å². The molecule has 94 valence electrons. The van der Waals surface area contributed by atoms with Crippen LogP contribution in [-0.2, 0) is 0 Å². The molecule has 0 radical (unpaired) electrons. The van der Waals surface area contributed by atoms with Crippen LogP contribution in [0.25, 0.3) is 5.65 Å². The van der Waals surface area contributed by atoms with Crippen LogP contribution in [0.3, 0.4) is 0 Å². The molecule has 4 rings (SSSR count). The summed E-state index contributed by atoms with van der Waals surface area (Å²) >= 11 is 0. The lowest BCUT2D eigenvalue weighted by Crippen LogP contribution is -2.19. The van der Waals surface area contributed by atoms with E-state index in [-0.39, 0.29) is 5.92 Å². The molecule has 19 heavy (non-hydrogen) atoms. The summed E-state index contributed by atoms with van der Waals surface area (Å²) in [5.41, 5.74) is 3.33. The maximum absolute atomic E-state index is 4.36. The largest absolute Gasteiger partial charge is 0.385 e. The van der Waals surface area contributed by atoms with E-state index < -0.39 is 0 Å². The number of nitrogens with zero attached hydrogens (tertiary/aromatic N) is 4. The van der Waals surface area contributed by atoms with E-state index in [1.807, 2.05) is 10.5 Å². The standard InChI is InChI=1S/C14H13N5/c1-2-4-12-10(3-1)11(5-8-16-12)14-18-17-13-6-7-15-9-19(13)14/h1-4,6-7,9,11,16H,5,8H2. The minimum absolute atomic E-state index is 0.275. The zero-order valence-electron chi connectivity index (χ0n) is 10.3. The lowest BCUT2D eigenvalue weighted by atomic mass is 9.90. The first kappa shape index (κ1) is 10.5. The summed E-state index contributed by atoms with van der Waals surface area (Å²) in [7, 11) is 0. The summed E-state index contributed by atoms with van der Waals surface area (Å²) in [4.78, 5) is 4.16. The van der Waals surface area contributed by atoms with Crippen LogP contribution in [0, 0.1) is 0 Å². The lowest BCUT2D eigenvalue weighted by molar-refractivity contribution is 0.665. The van der Waals surface area contributed by atoms with Gasteiger partial charge in [-0.3, -0.25) is 4.40 Å². The van der Waals surface area contributed by atoms with Gasteiger partial charge in [-0.05, 0) is 18.1 Å². The smallest absolute Gasteiger partial charge is 0.163 e. The Labute approximate surface area is 110 Å². The number of benzene rings is 1. The second-order valence-electron chi connectivity index (χ2n) is 4.72. The Balaban J connectivity index is 1.90. The van der Waals surface area contributed by atoms with Gasteiger partial charge in [-0.1, -0.05) is 18.2 Å². The maximum atomic E-state index is 4.36. The Morgan fingerprint density at radius 3 is 3.11 bits per heavy atom. The molecule has 2 aromatic heterocycles. The fraction of sp³-hybridized carbons (Fsp3) is 0.214. The quantitative estimate of drug-likeness (QED) is 0.719. The van der Waals surface area contributed by atoms with Crippen molar-refractivity contribution < 1.29 is 0 Å². The van der Waals surface area contributed by atoms with Crippen LogP contribution < -0.4 is 5.32 Å². The highest BCUT2D eigenvalue weighted by Crippen LogP contribution is 2.35. The number of hydrogen-bond acceptors (Lipinski definition) is 4. The van der Waals surface area contributed by atoms with Crippen molar-refractivity contribution in [3.63, 3.8) is 0 Å². The molecule has 1 aliphatic rings. The van der Waals surface area contributed by atoms with Gasteiger partial charge in [0.2, 0.25) is 0 Å². The summed E-state index contributed by atoms with van der Waals surface area (Å²) in [6.45, 7) is 0.955. The van der Waals surface area contributed by atoms with Gasteiger partial charge < -0.3 is 5.32 Å². The summed E-state index contributed by atoms with van der Waals surface area (Å²) in [5.74, 6) is 1.24. The third kappa shape index (κ3) is 1.58. The average molecular weight is 251 g/mol. The Morgan fingerprint density at radius 1 is 1.16 bits per heavy atom. The predicted molar refractivity (Wildman–Crippen MR) is 72.2 cm³/mol. The number of nitrogens with one attached hydrogen (secondary N) is 1. The van der Waals surface area contributed by atoms with Crippen molar-refractivity contribution in [3.8, 4) is 0 Å². The highest BCUT2D eigenvalue weighted by molar-refractivity contribution is 5.56. The van der Waals surface area contributed by atoms with Gasteiger partial charge in [-0.15, -0.1) is 10.2 Å². The topological polar surface area (TPSA) is 55.1 Å². The van der Waals surface area contributed by atoms with Crippen molar-refractivity contribution in [1.29, 1.82) is 0 Å². The molecule has 0 bridgehead atoms. The van der Waals surface area contributed by atoms with E-state index in [1.165, 1.54) is 11.3 Å². The first-order valence-electron chi connectivity index (χ1n) is 6.41. The predicted octanol–water partition coefficient (Wildman–Crippen LogP) is 2.07. The van der Waals surface area contributed by atoms with Crippen LogP contribution in [0.5, 0.6) is 0 Å². The summed E-state index contributed by atoms with van der Waals surface area (Å²) in [5, 5.41) is 12.0. The van der Waals surface area contributed by atoms with Crippen LogP contribution >= 0.6 is 0 Å². The van der Waals surface area contributed by atoms with Gasteiger partial charge in [0, 0.05) is 30.4 Å². The molecule has 3 aromatic rings. The van der Waals surface area contributed by atoms with Gasteiger partial charge >= 0.3 is 0 Å². The first-order chi connectivity index (χ1) is 9.43. The molecular formula is C14H13N5. The number of anilines is 1. The molecule has 1 aliphatic heterocycles. The monoisotopic (exact) mass is 251 g/mol. The Hall–Kier alpha value is -2.43. The van der Waals surface area contributed by atoms with Crippen LogP contribution in [0.15, 0.2) is 42.9 Å². The minimum Gasteiger partial charge on any atom is -0.385 e. The van der Waals surface area contributed by atoms with Crippen molar-refractivity contribution in [2.45, 2.75) is 12.3 Å². The van der Waals surface area contributed by atoms with Crippen molar-refractivity contribution in [2.24, 2.45) is 0 Å². The zero-order chi connectivity index (χ0) is 12.7. The fourth-order valence-electron chi connectivity index (χ4n) is 2.74. The third-order valence-electron chi connectivity index (χ3n) is 3.64. The molecule has 0 aliphatic carbocycles. The Kier molecular flexibility index (Phi) is 2.24. The van der Waals surface area contributed by atoms with Gasteiger partial charge in [0.15, 0.2) is 5.65 Å². The molecule has 0 spiro atoms. The van der Waals surface area contributed by atoms with E-state index >= 15 is 0 Å². The number of fused-ring (bicyclic) bond motifs is 2. The first-order valence-corrected chi connectivity index (χ1v) is 6.41. The minimum atomic E-state index is 0.275. The Bertz CT molecular complexity index is 733. The average Bonchev–Trinajstić information content (AvgIpc) is 2.90. The molecule has 1 atom stereocenters. The highest BCUT2D eigenvalue weighted by Gasteiger charge is 2.25. The summed E-state index contributed by atoms with van der Waals surface area (Å²) < 4.78 is 1.98. The molecular weight excluding hydrogens is 238 g/mol. The third-order valence-corrected chi connectivity index (χ3v) is 3.64.